The maximum Gasteiger partial charge on any atom is 0.309 e. The van der Waals surface area contributed by atoms with Gasteiger partial charge in [0.2, 0.25) is 0 Å². The van der Waals surface area contributed by atoms with Gasteiger partial charge in [-0.25, -0.2) is 4.79 Å². The summed E-state index contributed by atoms with van der Waals surface area (Å²) in [4.78, 5) is 9.00. The van der Waals surface area contributed by atoms with Crippen molar-refractivity contribution < 1.29 is 4.79 Å². The van der Waals surface area contributed by atoms with E-state index in [0.29, 0.717) is 0 Å². The Kier molecular flexibility index (Phi) is 7.64. The molecule has 0 rings (SSSR count). The summed E-state index contributed by atoms with van der Waals surface area (Å²) in [5.41, 5.74) is 13.3. The number of carbonyl (C=O) groups excluding carboxylic acids is 1. The fraction of sp³-hybridized carbons (Fsp3) is 0.333. The van der Waals surface area contributed by atoms with Gasteiger partial charge in [-0.2, -0.15) is 0 Å². The molecule has 8 N–H and O–H groups in total. The van der Waals surface area contributed by atoms with Crippen molar-refractivity contribution in [3.05, 3.63) is 0 Å². The Balaban J connectivity index is 0. The minimum Gasteiger partial charge on any atom is -0.370 e. The first-order valence-electron chi connectivity index (χ1n) is 2.07. The summed E-state index contributed by atoms with van der Waals surface area (Å²) in [6.45, 7) is 0. The first kappa shape index (κ1) is 10.5. The molecule has 0 atom stereocenters. The van der Waals surface area contributed by atoms with Gasteiger partial charge < -0.3 is 22.5 Å². The van der Waals surface area contributed by atoms with Gasteiger partial charge in [0.15, 0.2) is 5.96 Å². The van der Waals surface area contributed by atoms with E-state index in [2.05, 4.69) is 16.8 Å². The zero-order valence-corrected chi connectivity index (χ0v) is 5.14. The number of hydrogen-bond donors (Lipinski definition) is 5. The lowest BCUT2D eigenvalue weighted by Crippen LogP contribution is -2.25. The first-order chi connectivity index (χ1) is 4.00. The minimum atomic E-state index is -0.833. The molecule has 0 unspecified atom stereocenters. The SMILES string of the molecule is CNC(=N)N.NC(N)=O. The van der Waals surface area contributed by atoms with Crippen molar-refractivity contribution in [1.29, 1.82) is 5.41 Å². The molecule has 0 aliphatic rings. The molecule has 0 spiro atoms. The topological polar surface area (TPSA) is 131 Å². The van der Waals surface area contributed by atoms with Crippen molar-refractivity contribution >= 4 is 12.0 Å². The van der Waals surface area contributed by atoms with Gasteiger partial charge in [-0.15, -0.1) is 0 Å². The van der Waals surface area contributed by atoms with Crippen LogP contribution in [0.4, 0.5) is 4.79 Å². The van der Waals surface area contributed by atoms with Crippen molar-refractivity contribution in [3.63, 3.8) is 0 Å². The molecule has 0 aromatic rings. The molecule has 0 saturated heterocycles. The van der Waals surface area contributed by atoms with Crippen LogP contribution in [-0.4, -0.2) is 19.0 Å². The number of amides is 2. The smallest absolute Gasteiger partial charge is 0.309 e. The van der Waals surface area contributed by atoms with Gasteiger partial charge in [0, 0.05) is 7.05 Å². The molecule has 0 radical (unpaired) electrons. The largest absolute Gasteiger partial charge is 0.370 e. The zero-order chi connectivity index (χ0) is 7.86. The molecule has 0 aliphatic heterocycles. The molecule has 6 heteroatoms. The van der Waals surface area contributed by atoms with Gasteiger partial charge in [0.25, 0.3) is 0 Å². The van der Waals surface area contributed by atoms with Gasteiger partial charge in [-0.3, -0.25) is 5.41 Å². The van der Waals surface area contributed by atoms with E-state index in [-0.39, 0.29) is 5.96 Å². The molecule has 9 heavy (non-hydrogen) atoms. The van der Waals surface area contributed by atoms with Crippen LogP contribution >= 0.6 is 0 Å². The molecule has 0 saturated carbocycles. The number of hydrogen-bond acceptors (Lipinski definition) is 2. The Hall–Kier alpha value is -1.46. The number of carbonyl (C=O) groups is 1. The molecule has 54 valence electrons. The number of guanidine groups is 1. The van der Waals surface area contributed by atoms with Crippen LogP contribution in [0.2, 0.25) is 0 Å². The van der Waals surface area contributed by atoms with Crippen LogP contribution in [0.3, 0.4) is 0 Å². The second-order valence-corrected chi connectivity index (χ2v) is 1.07. The lowest BCUT2D eigenvalue weighted by Gasteiger charge is -1.85. The summed E-state index contributed by atoms with van der Waals surface area (Å²) in [5, 5.41) is 8.80. The molecular weight excluding hydrogens is 122 g/mol. The third-order valence-electron chi connectivity index (χ3n) is 0.269. The predicted octanol–water partition coefficient (Wildman–Crippen LogP) is -1.88. The van der Waals surface area contributed by atoms with Crippen LogP contribution in [0.1, 0.15) is 0 Å². The summed E-state index contributed by atoms with van der Waals surface area (Å²) in [7, 11) is 1.60. The van der Waals surface area contributed by atoms with E-state index in [1.54, 1.807) is 7.05 Å². The van der Waals surface area contributed by atoms with Gasteiger partial charge >= 0.3 is 6.03 Å². The highest BCUT2D eigenvalue weighted by molar-refractivity contribution is 5.73. The van der Waals surface area contributed by atoms with E-state index in [0.717, 1.165) is 0 Å². The van der Waals surface area contributed by atoms with Crippen LogP contribution in [0.5, 0.6) is 0 Å². The van der Waals surface area contributed by atoms with Crippen molar-refractivity contribution in [2.75, 3.05) is 7.05 Å². The second-order valence-electron chi connectivity index (χ2n) is 1.07. The van der Waals surface area contributed by atoms with E-state index in [4.69, 9.17) is 15.9 Å². The van der Waals surface area contributed by atoms with E-state index < -0.39 is 6.03 Å². The van der Waals surface area contributed by atoms with Crippen LogP contribution in [-0.2, 0) is 0 Å². The summed E-state index contributed by atoms with van der Waals surface area (Å²) in [6.07, 6.45) is 0. The molecule has 0 aromatic heterocycles. The highest BCUT2D eigenvalue weighted by atomic mass is 16.2. The van der Waals surface area contributed by atoms with Crippen LogP contribution < -0.4 is 22.5 Å². The number of nitrogens with two attached hydrogens (primary N) is 3. The molecule has 2 amide bonds. The lowest BCUT2D eigenvalue weighted by atomic mass is 11.0. The lowest BCUT2D eigenvalue weighted by molar-refractivity contribution is 0.256. The molecular formula is C3H11N5O. The number of rotatable bonds is 0. The number of primary amides is 2. The Labute approximate surface area is 52.9 Å². The van der Waals surface area contributed by atoms with Gasteiger partial charge in [0.05, 0.1) is 0 Å². The maximum atomic E-state index is 9.00. The van der Waals surface area contributed by atoms with E-state index in [1.807, 2.05) is 0 Å². The van der Waals surface area contributed by atoms with Crippen LogP contribution in [0, 0.1) is 5.41 Å². The monoisotopic (exact) mass is 133 g/mol. The standard InChI is InChI=1S/C2H7N3.CH4N2O/c1-5-2(3)4;2-1(3)4/h1H3,(H4,3,4,5);(H4,2,3,4). The van der Waals surface area contributed by atoms with Crippen molar-refractivity contribution in [3.8, 4) is 0 Å². The molecule has 0 aliphatic carbocycles. The number of nitrogens with one attached hydrogen (secondary N) is 2. The van der Waals surface area contributed by atoms with Crippen molar-refractivity contribution in [2.45, 2.75) is 0 Å². The second kappa shape index (κ2) is 6.54. The fourth-order valence-electron chi connectivity index (χ4n) is 0. The van der Waals surface area contributed by atoms with Crippen molar-refractivity contribution in [1.82, 2.24) is 5.32 Å². The Morgan fingerprint density at radius 1 is 1.44 bits per heavy atom. The van der Waals surface area contributed by atoms with Gasteiger partial charge in [-0.05, 0) is 0 Å². The van der Waals surface area contributed by atoms with E-state index in [1.165, 1.54) is 0 Å². The molecule has 0 fully saturated rings. The molecule has 0 bridgehead atoms. The summed E-state index contributed by atoms with van der Waals surface area (Å²) in [5.74, 6) is 0.00463. The Bertz CT molecular complexity index is 96.4. The Morgan fingerprint density at radius 2 is 1.56 bits per heavy atom. The molecule has 0 heterocycles. The zero-order valence-electron chi connectivity index (χ0n) is 5.14. The first-order valence-corrected chi connectivity index (χ1v) is 2.07. The third-order valence-corrected chi connectivity index (χ3v) is 0.269. The Morgan fingerprint density at radius 3 is 1.56 bits per heavy atom. The minimum absolute atomic E-state index is 0.00463. The highest BCUT2D eigenvalue weighted by Gasteiger charge is 1.65. The maximum absolute atomic E-state index is 9.00. The van der Waals surface area contributed by atoms with Gasteiger partial charge in [0.1, 0.15) is 0 Å². The molecule has 6 nitrogen and oxygen atoms in total. The van der Waals surface area contributed by atoms with E-state index in [9.17, 15) is 0 Å². The average molecular weight is 133 g/mol. The van der Waals surface area contributed by atoms with Crippen LogP contribution in [0.25, 0.3) is 0 Å². The van der Waals surface area contributed by atoms with Gasteiger partial charge in [-0.1, -0.05) is 0 Å². The average Bonchev–Trinajstić information content (AvgIpc) is 1.65. The van der Waals surface area contributed by atoms with E-state index >= 15 is 0 Å². The predicted molar refractivity (Wildman–Crippen MR) is 34.7 cm³/mol. The summed E-state index contributed by atoms with van der Waals surface area (Å²) >= 11 is 0. The van der Waals surface area contributed by atoms with Crippen LogP contribution in [0.15, 0.2) is 0 Å². The molecule has 0 aromatic carbocycles. The fourth-order valence-corrected chi connectivity index (χ4v) is 0. The normalized spacial score (nSPS) is 6.33. The highest BCUT2D eigenvalue weighted by Crippen LogP contribution is 1.31. The van der Waals surface area contributed by atoms with Crippen molar-refractivity contribution in [2.24, 2.45) is 17.2 Å². The summed E-state index contributed by atoms with van der Waals surface area (Å²) in [6, 6.07) is -0.833. The quantitative estimate of drug-likeness (QED) is 0.196. The number of urea groups is 1. The summed E-state index contributed by atoms with van der Waals surface area (Å²) < 4.78 is 0. The third kappa shape index (κ3) is 462.